The van der Waals surface area contributed by atoms with Gasteiger partial charge in [0.15, 0.2) is 0 Å². The molecule has 2 heterocycles. The summed E-state index contributed by atoms with van der Waals surface area (Å²) < 4.78 is 10.5. The van der Waals surface area contributed by atoms with Crippen LogP contribution in [-0.4, -0.2) is 25.2 Å². The van der Waals surface area contributed by atoms with Crippen LogP contribution in [-0.2, 0) is 19.1 Å². The van der Waals surface area contributed by atoms with Crippen molar-refractivity contribution in [3.63, 3.8) is 0 Å². The van der Waals surface area contributed by atoms with Crippen molar-refractivity contribution in [3.05, 3.63) is 10.6 Å². The Morgan fingerprint density at radius 3 is 3.00 bits per heavy atom. The summed E-state index contributed by atoms with van der Waals surface area (Å²) in [6, 6.07) is 0. The van der Waals surface area contributed by atoms with Crippen molar-refractivity contribution in [3.8, 4) is 0 Å². The second-order valence-corrected chi connectivity index (χ2v) is 4.28. The zero-order valence-corrected chi connectivity index (χ0v) is 9.11. The first-order valence-corrected chi connectivity index (χ1v) is 5.08. The Morgan fingerprint density at radius 2 is 2.43 bits per heavy atom. The molecule has 14 heavy (non-hydrogen) atoms. The maximum atomic E-state index is 11.3. The van der Waals surface area contributed by atoms with Crippen LogP contribution in [0.1, 0.15) is 6.42 Å². The molecule has 3 rings (SSSR count). The zero-order valence-electron chi connectivity index (χ0n) is 7.53. The van der Waals surface area contributed by atoms with E-state index in [-0.39, 0.29) is 24.0 Å². The standard InChI is InChI=1S/C9H9BrO4/c1-13-8(11)5-3-7-6(10)2-4(5)9(12)14-7/h2,4-5,7H,3H2,1H3. The minimum absolute atomic E-state index is 0.309. The number of rotatable bonds is 1. The normalized spacial score (nSPS) is 34.9. The van der Waals surface area contributed by atoms with E-state index in [4.69, 9.17) is 4.74 Å². The Morgan fingerprint density at radius 1 is 1.71 bits per heavy atom. The molecule has 1 fully saturated rings. The zero-order chi connectivity index (χ0) is 10.3. The lowest BCUT2D eigenvalue weighted by molar-refractivity contribution is -0.170. The molecule has 0 radical (unpaired) electrons. The van der Waals surface area contributed by atoms with Gasteiger partial charge in [0.25, 0.3) is 0 Å². The summed E-state index contributed by atoms with van der Waals surface area (Å²) in [7, 11) is 1.33. The maximum absolute atomic E-state index is 11.3. The Balaban J connectivity index is 2.27. The fraction of sp³-hybridized carbons (Fsp3) is 0.556. The quantitative estimate of drug-likeness (QED) is 0.661. The number of carbonyl (C=O) groups is 2. The average Bonchev–Trinajstić information content (AvgIpc) is 2.18. The molecule has 0 spiro atoms. The molecule has 76 valence electrons. The first-order chi connectivity index (χ1) is 6.63. The predicted molar refractivity (Wildman–Crippen MR) is 50.5 cm³/mol. The largest absolute Gasteiger partial charge is 0.469 e. The topological polar surface area (TPSA) is 52.6 Å². The van der Waals surface area contributed by atoms with Gasteiger partial charge in [-0.3, -0.25) is 9.59 Å². The number of ether oxygens (including phenoxy) is 2. The Labute approximate surface area is 89.4 Å². The van der Waals surface area contributed by atoms with Crippen LogP contribution in [0.5, 0.6) is 0 Å². The third-order valence-electron chi connectivity index (χ3n) is 2.58. The second kappa shape index (κ2) is 3.38. The Hall–Kier alpha value is -0.840. The van der Waals surface area contributed by atoms with E-state index in [0.29, 0.717) is 6.42 Å². The van der Waals surface area contributed by atoms with Gasteiger partial charge in [-0.2, -0.15) is 0 Å². The third-order valence-corrected chi connectivity index (χ3v) is 3.36. The molecule has 3 atom stereocenters. The molecule has 0 N–H and O–H groups in total. The molecule has 0 saturated carbocycles. The molecule has 5 heteroatoms. The van der Waals surface area contributed by atoms with E-state index in [0.717, 1.165) is 4.48 Å². The first kappa shape index (κ1) is 9.71. The van der Waals surface area contributed by atoms with Gasteiger partial charge in [0.2, 0.25) is 0 Å². The van der Waals surface area contributed by atoms with Gasteiger partial charge in [0.05, 0.1) is 18.9 Å². The van der Waals surface area contributed by atoms with Gasteiger partial charge in [0.1, 0.15) is 6.10 Å². The van der Waals surface area contributed by atoms with E-state index < -0.39 is 5.92 Å². The average molecular weight is 261 g/mol. The van der Waals surface area contributed by atoms with Crippen LogP contribution >= 0.6 is 15.9 Å². The van der Waals surface area contributed by atoms with E-state index >= 15 is 0 Å². The molecular formula is C9H9BrO4. The summed E-state index contributed by atoms with van der Waals surface area (Å²) in [4.78, 5) is 22.7. The minimum atomic E-state index is -0.484. The molecule has 4 nitrogen and oxygen atoms in total. The molecular weight excluding hydrogens is 252 g/mol. The van der Waals surface area contributed by atoms with Gasteiger partial charge in [-0.25, -0.2) is 0 Å². The smallest absolute Gasteiger partial charge is 0.314 e. The number of hydrogen-bond donors (Lipinski definition) is 0. The van der Waals surface area contributed by atoms with E-state index in [1.807, 2.05) is 0 Å². The third kappa shape index (κ3) is 1.35. The summed E-state index contributed by atoms with van der Waals surface area (Å²) >= 11 is 3.30. The number of esters is 2. The Bertz CT molecular complexity index is 323. The molecule has 2 aliphatic heterocycles. The van der Waals surface area contributed by atoms with Gasteiger partial charge in [-0.05, 0) is 0 Å². The van der Waals surface area contributed by atoms with Crippen molar-refractivity contribution >= 4 is 27.9 Å². The van der Waals surface area contributed by atoms with Crippen LogP contribution in [0, 0.1) is 11.8 Å². The highest BCUT2D eigenvalue weighted by Gasteiger charge is 2.46. The lowest BCUT2D eigenvalue weighted by atomic mass is 9.80. The number of carbonyl (C=O) groups excluding carboxylic acids is 2. The molecule has 1 aliphatic carbocycles. The van der Waals surface area contributed by atoms with Crippen LogP contribution in [0.15, 0.2) is 10.6 Å². The number of fused-ring (bicyclic) bond motifs is 2. The lowest BCUT2D eigenvalue weighted by Crippen LogP contribution is -2.45. The molecule has 0 amide bonds. The van der Waals surface area contributed by atoms with Crippen LogP contribution in [0.25, 0.3) is 0 Å². The number of halogens is 1. The van der Waals surface area contributed by atoms with Crippen molar-refractivity contribution < 1.29 is 19.1 Å². The SMILES string of the molecule is COC(=O)C1CC2OC(=O)C1C=C2Br. The van der Waals surface area contributed by atoms with Crippen molar-refractivity contribution in [2.24, 2.45) is 11.8 Å². The molecule has 0 aromatic carbocycles. The summed E-state index contributed by atoms with van der Waals surface area (Å²) in [5, 5.41) is 0. The summed E-state index contributed by atoms with van der Waals surface area (Å²) in [6.45, 7) is 0. The number of methoxy groups -OCH3 is 1. The maximum Gasteiger partial charge on any atom is 0.314 e. The van der Waals surface area contributed by atoms with Crippen molar-refractivity contribution in [1.29, 1.82) is 0 Å². The first-order valence-electron chi connectivity index (χ1n) is 4.29. The van der Waals surface area contributed by atoms with E-state index in [1.165, 1.54) is 7.11 Å². The van der Waals surface area contributed by atoms with Crippen molar-refractivity contribution in [2.45, 2.75) is 12.5 Å². The van der Waals surface area contributed by atoms with E-state index in [9.17, 15) is 9.59 Å². The van der Waals surface area contributed by atoms with Gasteiger partial charge in [-0.1, -0.05) is 22.0 Å². The van der Waals surface area contributed by atoms with Gasteiger partial charge in [-0.15, -0.1) is 0 Å². The highest BCUT2D eigenvalue weighted by Crippen LogP contribution is 2.40. The highest BCUT2D eigenvalue weighted by atomic mass is 79.9. The molecule has 2 bridgehead atoms. The van der Waals surface area contributed by atoms with Gasteiger partial charge < -0.3 is 9.47 Å². The van der Waals surface area contributed by atoms with Crippen molar-refractivity contribution in [1.82, 2.24) is 0 Å². The van der Waals surface area contributed by atoms with Crippen molar-refractivity contribution in [2.75, 3.05) is 7.11 Å². The minimum Gasteiger partial charge on any atom is -0.469 e. The number of hydrogen-bond acceptors (Lipinski definition) is 4. The highest BCUT2D eigenvalue weighted by molar-refractivity contribution is 9.11. The van der Waals surface area contributed by atoms with Crippen LogP contribution in [0.4, 0.5) is 0 Å². The summed E-state index contributed by atoms with van der Waals surface area (Å²) in [5.41, 5.74) is 0. The lowest BCUT2D eigenvalue weighted by Gasteiger charge is -2.36. The van der Waals surface area contributed by atoms with Crippen LogP contribution < -0.4 is 0 Å². The second-order valence-electron chi connectivity index (χ2n) is 3.37. The summed E-state index contributed by atoms with van der Waals surface area (Å²) in [6.07, 6.45) is 1.94. The Kier molecular flexibility index (Phi) is 2.34. The monoisotopic (exact) mass is 260 g/mol. The fourth-order valence-corrected chi connectivity index (χ4v) is 2.40. The molecule has 3 unspecified atom stereocenters. The molecule has 1 saturated heterocycles. The van der Waals surface area contributed by atoms with Gasteiger partial charge in [0, 0.05) is 10.9 Å². The summed E-state index contributed by atoms with van der Waals surface area (Å²) in [5.74, 6) is -1.54. The van der Waals surface area contributed by atoms with E-state index in [2.05, 4.69) is 20.7 Å². The molecule has 3 aliphatic rings. The van der Waals surface area contributed by atoms with Crippen LogP contribution in [0.3, 0.4) is 0 Å². The van der Waals surface area contributed by atoms with Crippen LogP contribution in [0.2, 0.25) is 0 Å². The molecule has 0 aromatic heterocycles. The van der Waals surface area contributed by atoms with Gasteiger partial charge >= 0.3 is 11.9 Å². The van der Waals surface area contributed by atoms with E-state index in [1.54, 1.807) is 6.08 Å². The fourth-order valence-electron chi connectivity index (χ4n) is 1.83. The molecule has 0 aromatic rings. The predicted octanol–water partition coefficient (Wildman–Crippen LogP) is 1.000.